The molecule has 3 rings (SSSR count). The van der Waals surface area contributed by atoms with E-state index in [1.807, 2.05) is 0 Å². The lowest BCUT2D eigenvalue weighted by Gasteiger charge is -2.37. The van der Waals surface area contributed by atoms with Crippen molar-refractivity contribution in [1.29, 1.82) is 0 Å². The Labute approximate surface area is 118 Å². The molecule has 3 unspecified atom stereocenters. The molecule has 0 radical (unpaired) electrons. The van der Waals surface area contributed by atoms with Gasteiger partial charge in [-0.2, -0.15) is 13.2 Å². The molecule has 2 aliphatic heterocycles. The van der Waals surface area contributed by atoms with Crippen LogP contribution in [0.1, 0.15) is 12.8 Å². The maximum atomic E-state index is 13.1. The van der Waals surface area contributed by atoms with Crippen molar-refractivity contribution in [3.05, 3.63) is 22.9 Å². The third kappa shape index (κ3) is 1.74. The minimum absolute atomic E-state index is 0.139. The van der Waals surface area contributed by atoms with Crippen LogP contribution in [0.25, 0.3) is 0 Å². The summed E-state index contributed by atoms with van der Waals surface area (Å²) in [6, 6.07) is -1.64. The van der Waals surface area contributed by atoms with Crippen LogP contribution < -0.4 is 0 Å². The van der Waals surface area contributed by atoms with Gasteiger partial charge in [-0.05, 0) is 6.08 Å². The minimum atomic E-state index is -4.37. The van der Waals surface area contributed by atoms with Crippen LogP contribution in [0.15, 0.2) is 27.9 Å². The summed E-state index contributed by atoms with van der Waals surface area (Å²) in [4.78, 5) is 17.5. The van der Waals surface area contributed by atoms with Crippen LogP contribution >= 0.6 is 11.6 Å². The Morgan fingerprint density at radius 2 is 2.20 bits per heavy atom. The van der Waals surface area contributed by atoms with Crippen molar-refractivity contribution >= 4 is 23.6 Å². The number of Topliss-reactive ketones (excluding diaryl/α,β-unsaturated/α-hetero) is 1. The first kappa shape index (κ1) is 13.7. The number of likely N-dealkylation sites (N-methyl/N-ethyl adjacent to an activating group) is 1. The van der Waals surface area contributed by atoms with Gasteiger partial charge in [0.15, 0.2) is 0 Å². The van der Waals surface area contributed by atoms with Crippen LogP contribution in [0, 0.1) is 5.92 Å². The lowest BCUT2D eigenvalue weighted by Crippen LogP contribution is -2.44. The third-order valence-electron chi connectivity index (χ3n) is 4.25. The van der Waals surface area contributed by atoms with Gasteiger partial charge in [0.25, 0.3) is 0 Å². The Balaban J connectivity index is 2.13. The lowest BCUT2D eigenvalue weighted by atomic mass is 9.73. The van der Waals surface area contributed by atoms with Crippen LogP contribution in [0.2, 0.25) is 0 Å². The first-order valence-corrected chi connectivity index (χ1v) is 6.59. The summed E-state index contributed by atoms with van der Waals surface area (Å²) in [6.45, 7) is 0. The molecule has 0 aromatic rings. The number of carbonyl (C=O) groups is 1. The number of rotatable bonds is 0. The average Bonchev–Trinajstić information content (AvgIpc) is 2.62. The summed E-state index contributed by atoms with van der Waals surface area (Å²) in [5, 5.41) is 0.292. The number of ketones is 1. The highest BCUT2D eigenvalue weighted by Crippen LogP contribution is 2.52. The molecule has 3 aliphatic rings. The molecule has 20 heavy (non-hydrogen) atoms. The van der Waals surface area contributed by atoms with Crippen molar-refractivity contribution in [2.45, 2.75) is 30.6 Å². The molecular formula is C13H12ClF3N2O. The molecule has 0 aromatic carbocycles. The molecule has 1 saturated heterocycles. The fourth-order valence-electron chi connectivity index (χ4n) is 3.32. The summed E-state index contributed by atoms with van der Waals surface area (Å²) in [7, 11) is 1.37. The SMILES string of the molecule is CN1C2=CC(Cl)=CC3C(=O)CC=NC23CC1C(F)(F)F. The zero-order valence-corrected chi connectivity index (χ0v) is 11.4. The van der Waals surface area contributed by atoms with Gasteiger partial charge in [-0.25, -0.2) is 0 Å². The topological polar surface area (TPSA) is 32.7 Å². The highest BCUT2D eigenvalue weighted by molar-refractivity contribution is 6.31. The van der Waals surface area contributed by atoms with E-state index >= 15 is 0 Å². The summed E-state index contributed by atoms with van der Waals surface area (Å²) in [5.41, 5.74) is -0.760. The molecule has 0 aromatic heterocycles. The van der Waals surface area contributed by atoms with E-state index in [4.69, 9.17) is 11.6 Å². The number of aliphatic imine (C=N–C) groups is 1. The highest BCUT2D eigenvalue weighted by Gasteiger charge is 2.61. The number of nitrogens with zero attached hydrogens (tertiary/aromatic N) is 2. The predicted octanol–water partition coefficient (Wildman–Crippen LogP) is 2.67. The molecule has 0 saturated carbocycles. The van der Waals surface area contributed by atoms with Crippen molar-refractivity contribution in [2.24, 2.45) is 10.9 Å². The first-order valence-electron chi connectivity index (χ1n) is 6.21. The van der Waals surface area contributed by atoms with Gasteiger partial charge >= 0.3 is 6.18 Å². The van der Waals surface area contributed by atoms with Crippen molar-refractivity contribution in [3.8, 4) is 0 Å². The van der Waals surface area contributed by atoms with E-state index < -0.39 is 23.7 Å². The van der Waals surface area contributed by atoms with Crippen LogP contribution in [0.5, 0.6) is 0 Å². The second-order valence-electron chi connectivity index (χ2n) is 5.34. The molecule has 3 atom stereocenters. The third-order valence-corrected chi connectivity index (χ3v) is 4.48. The second kappa shape index (κ2) is 4.10. The van der Waals surface area contributed by atoms with E-state index in [-0.39, 0.29) is 18.6 Å². The van der Waals surface area contributed by atoms with Gasteiger partial charge in [0.05, 0.1) is 5.92 Å². The monoisotopic (exact) mass is 304 g/mol. The Morgan fingerprint density at radius 3 is 2.85 bits per heavy atom. The van der Waals surface area contributed by atoms with Crippen LogP contribution in [-0.4, -0.2) is 41.7 Å². The molecule has 1 spiro atoms. The van der Waals surface area contributed by atoms with Crippen molar-refractivity contribution in [3.63, 3.8) is 0 Å². The molecule has 1 aliphatic carbocycles. The summed E-state index contributed by atoms with van der Waals surface area (Å²) < 4.78 is 39.4. The van der Waals surface area contributed by atoms with E-state index in [0.29, 0.717) is 10.7 Å². The van der Waals surface area contributed by atoms with E-state index in [2.05, 4.69) is 4.99 Å². The number of allylic oxidation sites excluding steroid dienone is 2. The molecule has 1 fully saturated rings. The van der Waals surface area contributed by atoms with Crippen LogP contribution in [0.3, 0.4) is 0 Å². The fourth-order valence-corrected chi connectivity index (χ4v) is 3.55. The van der Waals surface area contributed by atoms with E-state index in [0.717, 1.165) is 4.90 Å². The van der Waals surface area contributed by atoms with Crippen molar-refractivity contribution < 1.29 is 18.0 Å². The summed E-state index contributed by atoms with van der Waals surface area (Å²) in [5.74, 6) is -0.838. The standard InChI is InChI=1S/C13H12ClF3N2O/c1-19-10-5-7(14)4-8-9(20)2-3-18-12(8,10)6-11(19)13(15,16)17/h3-5,8,11H,2,6H2,1H3. The number of hydrogen-bond acceptors (Lipinski definition) is 3. The molecule has 108 valence electrons. The zero-order chi connectivity index (χ0) is 14.7. The summed E-state index contributed by atoms with van der Waals surface area (Å²) >= 11 is 5.97. The molecule has 7 heteroatoms. The largest absolute Gasteiger partial charge is 0.408 e. The fraction of sp³-hybridized carbons (Fsp3) is 0.538. The second-order valence-corrected chi connectivity index (χ2v) is 5.77. The van der Waals surface area contributed by atoms with Gasteiger partial charge < -0.3 is 4.90 Å². The summed E-state index contributed by atoms with van der Waals surface area (Å²) in [6.07, 6.45) is -0.0373. The van der Waals surface area contributed by atoms with E-state index in [9.17, 15) is 18.0 Å². The molecule has 0 N–H and O–H groups in total. The minimum Gasteiger partial charge on any atom is -0.364 e. The number of halogens is 4. The lowest BCUT2D eigenvalue weighted by molar-refractivity contribution is -0.171. The van der Waals surface area contributed by atoms with E-state index in [1.54, 1.807) is 0 Å². The molecule has 3 nitrogen and oxygen atoms in total. The molecular weight excluding hydrogens is 293 g/mol. The van der Waals surface area contributed by atoms with Gasteiger partial charge in [-0.3, -0.25) is 9.79 Å². The Bertz CT molecular complexity index is 566. The number of carbonyl (C=O) groups excluding carboxylic acids is 1. The quantitative estimate of drug-likeness (QED) is 0.689. The van der Waals surface area contributed by atoms with Gasteiger partial charge in [0, 0.05) is 36.8 Å². The smallest absolute Gasteiger partial charge is 0.364 e. The Hall–Kier alpha value is -1.30. The van der Waals surface area contributed by atoms with Gasteiger partial charge in [-0.15, -0.1) is 0 Å². The number of hydrogen-bond donors (Lipinski definition) is 0. The van der Waals surface area contributed by atoms with Crippen LogP contribution in [0.4, 0.5) is 13.2 Å². The van der Waals surface area contributed by atoms with Gasteiger partial charge in [0.1, 0.15) is 17.4 Å². The maximum absolute atomic E-state index is 13.1. The van der Waals surface area contributed by atoms with Crippen molar-refractivity contribution in [1.82, 2.24) is 4.90 Å². The predicted molar refractivity (Wildman–Crippen MR) is 68.6 cm³/mol. The van der Waals surface area contributed by atoms with Crippen LogP contribution in [-0.2, 0) is 4.79 Å². The molecule has 2 heterocycles. The Morgan fingerprint density at radius 1 is 1.50 bits per heavy atom. The average molecular weight is 305 g/mol. The highest BCUT2D eigenvalue weighted by atomic mass is 35.5. The molecule has 0 bridgehead atoms. The van der Waals surface area contributed by atoms with Gasteiger partial charge in [-0.1, -0.05) is 17.7 Å². The zero-order valence-electron chi connectivity index (χ0n) is 10.6. The van der Waals surface area contributed by atoms with Crippen molar-refractivity contribution in [2.75, 3.05) is 7.05 Å². The molecule has 0 amide bonds. The van der Waals surface area contributed by atoms with Gasteiger partial charge in [0.2, 0.25) is 0 Å². The number of alkyl halides is 3. The first-order chi connectivity index (χ1) is 9.25. The normalized spacial score (nSPS) is 36.5. The maximum Gasteiger partial charge on any atom is 0.408 e. The number of likely N-dealkylation sites (tertiary alicyclic amines) is 1. The van der Waals surface area contributed by atoms with E-state index in [1.165, 1.54) is 25.4 Å². The Kier molecular flexibility index (Phi) is 2.80.